The van der Waals surface area contributed by atoms with Gasteiger partial charge in [0.25, 0.3) is 0 Å². The number of carbonyl (C=O) groups is 1. The number of amides is 1. The Morgan fingerprint density at radius 3 is 2.70 bits per heavy atom. The molecule has 0 aromatic rings. The van der Waals surface area contributed by atoms with Crippen molar-refractivity contribution in [3.05, 3.63) is 0 Å². The molecule has 6 atom stereocenters. The van der Waals surface area contributed by atoms with Crippen LogP contribution in [0.5, 0.6) is 0 Å². The zero-order valence-corrected chi connectivity index (χ0v) is 12.7. The second-order valence-corrected chi connectivity index (χ2v) is 7.31. The van der Waals surface area contributed by atoms with Crippen LogP contribution < -0.4 is 11.1 Å². The maximum atomic E-state index is 12.4. The molecule has 1 heterocycles. The summed E-state index contributed by atoms with van der Waals surface area (Å²) in [6, 6.07) is 0.0921. The van der Waals surface area contributed by atoms with E-state index in [1.165, 1.54) is 19.3 Å². The lowest BCUT2D eigenvalue weighted by atomic mass is 9.84. The van der Waals surface area contributed by atoms with Crippen molar-refractivity contribution in [1.82, 2.24) is 5.32 Å². The highest BCUT2D eigenvalue weighted by molar-refractivity contribution is 5.80. The van der Waals surface area contributed by atoms with Crippen LogP contribution in [-0.2, 0) is 9.53 Å². The van der Waals surface area contributed by atoms with Crippen LogP contribution in [0.4, 0.5) is 0 Å². The quantitative estimate of drug-likeness (QED) is 0.821. The first-order valence-electron chi connectivity index (χ1n) is 8.22. The maximum Gasteiger partial charge on any atom is 0.224 e. The third kappa shape index (κ3) is 2.48. The lowest BCUT2D eigenvalue weighted by Crippen LogP contribution is -2.47. The summed E-state index contributed by atoms with van der Waals surface area (Å²) in [6.07, 6.45) is 4.94. The Balaban J connectivity index is 1.52. The molecular weight excluding hydrogens is 252 g/mol. The number of nitrogens with one attached hydrogen (secondary N) is 1. The Hall–Kier alpha value is -0.610. The SMILES string of the molecule is CC(C)C1OCCC1CNC(=O)C1C2CCC(C2)C1N. The van der Waals surface area contributed by atoms with Crippen LogP contribution >= 0.6 is 0 Å². The smallest absolute Gasteiger partial charge is 0.224 e. The molecule has 1 aliphatic heterocycles. The molecular formula is C16H28N2O2. The van der Waals surface area contributed by atoms with E-state index in [4.69, 9.17) is 10.5 Å². The summed E-state index contributed by atoms with van der Waals surface area (Å²) < 4.78 is 5.78. The molecule has 3 fully saturated rings. The molecule has 2 aliphatic carbocycles. The number of fused-ring (bicyclic) bond motifs is 2. The van der Waals surface area contributed by atoms with Gasteiger partial charge in [0.2, 0.25) is 5.91 Å². The van der Waals surface area contributed by atoms with E-state index in [1.54, 1.807) is 0 Å². The first-order valence-corrected chi connectivity index (χ1v) is 8.22. The van der Waals surface area contributed by atoms with Crippen molar-refractivity contribution in [2.45, 2.75) is 51.7 Å². The Morgan fingerprint density at radius 2 is 2.05 bits per heavy atom. The van der Waals surface area contributed by atoms with E-state index in [-0.39, 0.29) is 17.9 Å². The van der Waals surface area contributed by atoms with Gasteiger partial charge >= 0.3 is 0 Å². The summed E-state index contributed by atoms with van der Waals surface area (Å²) in [5.74, 6) is 2.37. The molecule has 4 nitrogen and oxygen atoms in total. The second kappa shape index (κ2) is 5.64. The highest BCUT2D eigenvalue weighted by Gasteiger charge is 2.49. The fraction of sp³-hybridized carbons (Fsp3) is 0.938. The third-order valence-corrected chi connectivity index (χ3v) is 5.74. The fourth-order valence-corrected chi connectivity index (χ4v) is 4.69. The summed E-state index contributed by atoms with van der Waals surface area (Å²) in [5, 5.41) is 3.17. The predicted octanol–water partition coefficient (Wildman–Crippen LogP) is 1.54. The minimum atomic E-state index is 0.0635. The molecule has 0 spiro atoms. The Bertz CT molecular complexity index is 369. The van der Waals surface area contributed by atoms with Gasteiger partial charge in [0.15, 0.2) is 0 Å². The Kier molecular flexibility index (Phi) is 4.04. The minimum Gasteiger partial charge on any atom is -0.378 e. The topological polar surface area (TPSA) is 64.3 Å². The molecule has 1 saturated heterocycles. The average Bonchev–Trinajstić information content (AvgIpc) is 3.10. The third-order valence-electron chi connectivity index (χ3n) is 5.74. The van der Waals surface area contributed by atoms with E-state index in [2.05, 4.69) is 19.2 Å². The van der Waals surface area contributed by atoms with Gasteiger partial charge in [-0.15, -0.1) is 0 Å². The normalized spacial score (nSPS) is 43.4. The van der Waals surface area contributed by atoms with Gasteiger partial charge in [0, 0.05) is 25.1 Å². The molecule has 0 aromatic heterocycles. The van der Waals surface area contributed by atoms with Crippen molar-refractivity contribution in [1.29, 1.82) is 0 Å². The van der Waals surface area contributed by atoms with Gasteiger partial charge in [-0.3, -0.25) is 4.79 Å². The summed E-state index contributed by atoms with van der Waals surface area (Å²) in [5.41, 5.74) is 6.24. The maximum absolute atomic E-state index is 12.4. The first kappa shape index (κ1) is 14.3. The Labute approximate surface area is 121 Å². The van der Waals surface area contributed by atoms with Gasteiger partial charge in [-0.1, -0.05) is 13.8 Å². The van der Waals surface area contributed by atoms with Gasteiger partial charge in [-0.25, -0.2) is 0 Å². The molecule has 20 heavy (non-hydrogen) atoms. The molecule has 3 rings (SSSR count). The number of nitrogens with two attached hydrogens (primary N) is 1. The molecule has 2 saturated carbocycles. The van der Waals surface area contributed by atoms with E-state index < -0.39 is 0 Å². The standard InChI is InChI=1S/C16H28N2O2/c1-9(2)15-12(5-6-20-15)8-18-16(19)13-10-3-4-11(7-10)14(13)17/h9-15H,3-8,17H2,1-2H3,(H,18,19). The highest BCUT2D eigenvalue weighted by atomic mass is 16.5. The average molecular weight is 280 g/mol. The molecule has 1 amide bonds. The molecule has 0 radical (unpaired) electrons. The zero-order chi connectivity index (χ0) is 14.3. The van der Waals surface area contributed by atoms with Crippen LogP contribution in [0.15, 0.2) is 0 Å². The molecule has 2 bridgehead atoms. The van der Waals surface area contributed by atoms with Crippen LogP contribution in [0.2, 0.25) is 0 Å². The molecule has 3 N–H and O–H groups in total. The molecule has 114 valence electrons. The van der Waals surface area contributed by atoms with E-state index in [9.17, 15) is 4.79 Å². The van der Waals surface area contributed by atoms with E-state index >= 15 is 0 Å². The predicted molar refractivity (Wildman–Crippen MR) is 78.0 cm³/mol. The second-order valence-electron chi connectivity index (χ2n) is 7.31. The van der Waals surface area contributed by atoms with Crippen molar-refractivity contribution in [2.75, 3.05) is 13.2 Å². The molecule has 6 unspecified atom stereocenters. The Morgan fingerprint density at radius 1 is 1.30 bits per heavy atom. The van der Waals surface area contributed by atoms with E-state index in [0.717, 1.165) is 19.6 Å². The molecule has 4 heteroatoms. The summed E-state index contributed by atoms with van der Waals surface area (Å²) >= 11 is 0. The van der Waals surface area contributed by atoms with Crippen LogP contribution in [-0.4, -0.2) is 31.2 Å². The van der Waals surface area contributed by atoms with Crippen LogP contribution in [0, 0.1) is 29.6 Å². The number of ether oxygens (including phenoxy) is 1. The van der Waals surface area contributed by atoms with Gasteiger partial charge < -0.3 is 15.8 Å². The zero-order valence-electron chi connectivity index (χ0n) is 12.7. The van der Waals surface area contributed by atoms with Gasteiger partial charge in [-0.05, 0) is 43.4 Å². The number of hydrogen-bond donors (Lipinski definition) is 2. The number of carbonyl (C=O) groups excluding carboxylic acids is 1. The van der Waals surface area contributed by atoms with Crippen LogP contribution in [0.1, 0.15) is 39.5 Å². The van der Waals surface area contributed by atoms with Gasteiger partial charge in [0.1, 0.15) is 0 Å². The number of hydrogen-bond acceptors (Lipinski definition) is 3. The van der Waals surface area contributed by atoms with Crippen molar-refractivity contribution < 1.29 is 9.53 Å². The van der Waals surface area contributed by atoms with Crippen molar-refractivity contribution in [2.24, 2.45) is 35.3 Å². The highest BCUT2D eigenvalue weighted by Crippen LogP contribution is 2.47. The lowest BCUT2D eigenvalue weighted by Gasteiger charge is -2.28. The lowest BCUT2D eigenvalue weighted by molar-refractivity contribution is -0.127. The van der Waals surface area contributed by atoms with Crippen molar-refractivity contribution in [3.63, 3.8) is 0 Å². The summed E-state index contributed by atoms with van der Waals surface area (Å²) in [4.78, 5) is 12.4. The van der Waals surface area contributed by atoms with Crippen molar-refractivity contribution in [3.8, 4) is 0 Å². The minimum absolute atomic E-state index is 0.0635. The van der Waals surface area contributed by atoms with Crippen LogP contribution in [0.25, 0.3) is 0 Å². The van der Waals surface area contributed by atoms with Crippen LogP contribution in [0.3, 0.4) is 0 Å². The van der Waals surface area contributed by atoms with Gasteiger partial charge in [-0.2, -0.15) is 0 Å². The van der Waals surface area contributed by atoms with Gasteiger partial charge in [0.05, 0.1) is 12.0 Å². The number of rotatable bonds is 4. The largest absolute Gasteiger partial charge is 0.378 e. The first-order chi connectivity index (χ1) is 9.58. The molecule has 3 aliphatic rings. The van der Waals surface area contributed by atoms with E-state index in [1.807, 2.05) is 0 Å². The fourth-order valence-electron chi connectivity index (χ4n) is 4.69. The van der Waals surface area contributed by atoms with E-state index in [0.29, 0.717) is 29.8 Å². The van der Waals surface area contributed by atoms with Crippen molar-refractivity contribution >= 4 is 5.91 Å². The summed E-state index contributed by atoms with van der Waals surface area (Å²) in [6.45, 7) is 5.96. The summed E-state index contributed by atoms with van der Waals surface area (Å²) in [7, 11) is 0. The monoisotopic (exact) mass is 280 g/mol. The molecule has 0 aromatic carbocycles.